The van der Waals surface area contributed by atoms with Crippen molar-refractivity contribution in [3.63, 3.8) is 0 Å². The molecule has 0 aliphatic carbocycles. The number of nitriles is 3. The van der Waals surface area contributed by atoms with E-state index >= 15 is 0 Å². The molecule has 2 aliphatic rings. The summed E-state index contributed by atoms with van der Waals surface area (Å²) in [5, 5.41) is 37.7. The molecule has 23 heavy (non-hydrogen) atoms. The molecule has 0 unspecified atom stereocenters. The topological polar surface area (TPSA) is 127 Å². The first-order chi connectivity index (χ1) is 11.0. The zero-order chi connectivity index (χ0) is 16.9. The van der Waals surface area contributed by atoms with Crippen LogP contribution in [0.1, 0.15) is 32.1 Å². The van der Waals surface area contributed by atoms with Gasteiger partial charge < -0.3 is 13.9 Å². The molecule has 2 bridgehead atoms. The summed E-state index contributed by atoms with van der Waals surface area (Å²) >= 11 is 0. The molecule has 3 heterocycles. The van der Waals surface area contributed by atoms with Crippen LogP contribution in [0.3, 0.4) is 0 Å². The molecule has 7 heteroatoms. The molecule has 0 radical (unpaired) electrons. The molecule has 2 fully saturated rings. The summed E-state index contributed by atoms with van der Waals surface area (Å²) in [5.74, 6) is -2.02. The van der Waals surface area contributed by atoms with Crippen molar-refractivity contribution in [1.29, 1.82) is 21.2 Å². The average Bonchev–Trinajstić information content (AvgIpc) is 3.14. The second kappa shape index (κ2) is 4.59. The lowest BCUT2D eigenvalue weighted by Gasteiger charge is -2.47. The highest BCUT2D eigenvalue weighted by Gasteiger charge is 2.79. The summed E-state index contributed by atoms with van der Waals surface area (Å²) in [5.41, 5.74) is -3.66. The molecule has 7 nitrogen and oxygen atoms in total. The Morgan fingerprint density at radius 3 is 2.43 bits per heavy atom. The van der Waals surface area contributed by atoms with Crippen molar-refractivity contribution in [1.82, 2.24) is 0 Å². The van der Waals surface area contributed by atoms with Gasteiger partial charge in [0.25, 0.3) is 0 Å². The summed E-state index contributed by atoms with van der Waals surface area (Å²) in [4.78, 5) is 0. The molecule has 3 rings (SSSR count). The van der Waals surface area contributed by atoms with Crippen LogP contribution in [0.4, 0.5) is 0 Å². The molecule has 116 valence electrons. The van der Waals surface area contributed by atoms with E-state index < -0.39 is 34.5 Å². The molecule has 4 atom stereocenters. The lowest BCUT2D eigenvalue weighted by Crippen LogP contribution is -2.58. The fraction of sp³-hybridized carbons (Fsp3) is 0.500. The predicted molar refractivity (Wildman–Crippen MR) is 75.2 cm³/mol. The first-order valence-corrected chi connectivity index (χ1v) is 7.21. The highest BCUT2D eigenvalue weighted by Crippen LogP contribution is 2.66. The number of nitrogens with one attached hydrogen (secondary N) is 1. The molecular weight excluding hydrogens is 296 g/mol. The maximum absolute atomic E-state index is 9.87. The van der Waals surface area contributed by atoms with Gasteiger partial charge >= 0.3 is 0 Å². The van der Waals surface area contributed by atoms with Crippen LogP contribution < -0.4 is 0 Å². The van der Waals surface area contributed by atoms with Gasteiger partial charge in [0.1, 0.15) is 5.76 Å². The van der Waals surface area contributed by atoms with Crippen LogP contribution in [0.2, 0.25) is 0 Å². The van der Waals surface area contributed by atoms with Gasteiger partial charge in [0.05, 0.1) is 30.4 Å². The van der Waals surface area contributed by atoms with E-state index in [9.17, 15) is 15.8 Å². The van der Waals surface area contributed by atoms with Crippen LogP contribution in [0, 0.1) is 56.2 Å². The average molecular weight is 310 g/mol. The van der Waals surface area contributed by atoms with Crippen molar-refractivity contribution in [3.05, 3.63) is 24.2 Å². The minimum absolute atomic E-state index is 0.260. The molecular formula is C16H14N4O3. The maximum Gasteiger partial charge on any atom is 0.217 e. The molecule has 1 aromatic heterocycles. The summed E-state index contributed by atoms with van der Waals surface area (Å²) in [6.45, 7) is 3.48. The maximum atomic E-state index is 9.87. The molecule has 0 spiro atoms. The first-order valence-electron chi connectivity index (χ1n) is 7.21. The minimum Gasteiger partial charge on any atom is -0.466 e. The lowest BCUT2D eigenvalue weighted by molar-refractivity contribution is -0.283. The van der Waals surface area contributed by atoms with Gasteiger partial charge in [-0.05, 0) is 12.1 Å². The Hall–Kier alpha value is -2.82. The number of nitrogens with zero attached hydrogens (tertiary/aromatic N) is 3. The molecule has 0 amide bonds. The molecule has 0 aromatic carbocycles. The minimum atomic E-state index is -1.94. The van der Waals surface area contributed by atoms with Crippen molar-refractivity contribution in [2.75, 3.05) is 0 Å². The van der Waals surface area contributed by atoms with E-state index in [1.54, 1.807) is 19.1 Å². The quantitative estimate of drug-likeness (QED) is 0.894. The standard InChI is InChI=1S/C16H14N4O3/c1-3-16-10(2)15(9-19,13(20)23-16)14(7-17,8-18)12(22-16)11-5-4-6-21-11/h4-6,10,12,20H,3H2,1-2H3/t10-,12+,15+,16-/m0/s1. The Morgan fingerprint density at radius 2 is 1.96 bits per heavy atom. The van der Waals surface area contributed by atoms with Crippen LogP contribution in [-0.4, -0.2) is 11.7 Å². The normalized spacial score (nSPS) is 37.3. The summed E-state index contributed by atoms with van der Waals surface area (Å²) in [6, 6.07) is 9.11. The number of fused-ring (bicyclic) bond motifs is 2. The predicted octanol–water partition coefficient (Wildman–Crippen LogP) is 2.64. The molecule has 1 N–H and O–H groups in total. The Kier molecular flexibility index (Phi) is 3.01. The van der Waals surface area contributed by atoms with Gasteiger partial charge in [0, 0.05) is 6.42 Å². The Balaban J connectivity index is 2.35. The zero-order valence-corrected chi connectivity index (χ0v) is 12.7. The van der Waals surface area contributed by atoms with Gasteiger partial charge in [0.15, 0.2) is 11.5 Å². The van der Waals surface area contributed by atoms with Crippen LogP contribution in [0.15, 0.2) is 22.8 Å². The van der Waals surface area contributed by atoms with Gasteiger partial charge in [-0.1, -0.05) is 13.8 Å². The highest BCUT2D eigenvalue weighted by molar-refractivity contribution is 5.89. The largest absolute Gasteiger partial charge is 0.466 e. The van der Waals surface area contributed by atoms with Crippen LogP contribution in [0.5, 0.6) is 0 Å². The number of hydrogen-bond donors (Lipinski definition) is 1. The molecule has 0 saturated carbocycles. The molecule has 1 aromatic rings. The fourth-order valence-electron chi connectivity index (χ4n) is 3.74. The molecule has 2 saturated heterocycles. The fourth-order valence-corrected chi connectivity index (χ4v) is 3.74. The Bertz CT molecular complexity index is 768. The lowest BCUT2D eigenvalue weighted by atomic mass is 9.54. The monoisotopic (exact) mass is 310 g/mol. The van der Waals surface area contributed by atoms with E-state index in [2.05, 4.69) is 0 Å². The summed E-state index contributed by atoms with van der Waals surface area (Å²) < 4.78 is 17.0. The third-order valence-electron chi connectivity index (χ3n) is 5.10. The smallest absolute Gasteiger partial charge is 0.217 e. The number of hydrogen-bond acceptors (Lipinski definition) is 7. The van der Waals surface area contributed by atoms with E-state index in [1.165, 1.54) is 6.26 Å². The third kappa shape index (κ3) is 1.42. The van der Waals surface area contributed by atoms with Gasteiger partial charge in [-0.3, -0.25) is 5.41 Å². The van der Waals surface area contributed by atoms with E-state index in [4.69, 9.17) is 19.3 Å². The summed E-state index contributed by atoms with van der Waals surface area (Å²) in [6.07, 6.45) is 0.651. The van der Waals surface area contributed by atoms with E-state index in [0.29, 0.717) is 6.42 Å². The van der Waals surface area contributed by atoms with Gasteiger partial charge in [-0.25, -0.2) is 0 Å². The van der Waals surface area contributed by atoms with Gasteiger partial charge in [0.2, 0.25) is 17.1 Å². The Morgan fingerprint density at radius 1 is 1.26 bits per heavy atom. The number of furan rings is 1. The second-order valence-corrected chi connectivity index (χ2v) is 5.78. The van der Waals surface area contributed by atoms with Gasteiger partial charge in [-0.15, -0.1) is 0 Å². The first kappa shape index (κ1) is 15.1. The van der Waals surface area contributed by atoms with Gasteiger partial charge in [-0.2, -0.15) is 15.8 Å². The van der Waals surface area contributed by atoms with E-state index in [0.717, 1.165) is 0 Å². The van der Waals surface area contributed by atoms with Crippen molar-refractivity contribution in [2.24, 2.45) is 16.7 Å². The van der Waals surface area contributed by atoms with E-state index in [1.807, 2.05) is 25.1 Å². The second-order valence-electron chi connectivity index (χ2n) is 5.78. The third-order valence-corrected chi connectivity index (χ3v) is 5.10. The van der Waals surface area contributed by atoms with Crippen molar-refractivity contribution in [2.45, 2.75) is 32.2 Å². The van der Waals surface area contributed by atoms with E-state index in [-0.39, 0.29) is 5.76 Å². The number of rotatable bonds is 2. The summed E-state index contributed by atoms with van der Waals surface area (Å²) in [7, 11) is 0. The van der Waals surface area contributed by atoms with Crippen LogP contribution >= 0.6 is 0 Å². The highest BCUT2D eigenvalue weighted by atomic mass is 16.7. The zero-order valence-electron chi connectivity index (χ0n) is 12.7. The van der Waals surface area contributed by atoms with Crippen molar-refractivity contribution in [3.8, 4) is 18.2 Å². The molecule has 2 aliphatic heterocycles. The SMILES string of the molecule is CC[C@]12OC(=N)[C@@](C#N)([C@@H]1C)C(C#N)(C#N)[C@@H](c1ccco1)O2. The van der Waals surface area contributed by atoms with Crippen molar-refractivity contribution >= 4 is 5.90 Å². The van der Waals surface area contributed by atoms with Crippen LogP contribution in [0.25, 0.3) is 0 Å². The Labute approximate surface area is 133 Å². The van der Waals surface area contributed by atoms with Crippen LogP contribution in [-0.2, 0) is 9.47 Å². The van der Waals surface area contributed by atoms with Crippen molar-refractivity contribution < 1.29 is 13.9 Å². The number of ether oxygens (including phenoxy) is 2.